The van der Waals surface area contributed by atoms with E-state index >= 15 is 0 Å². The minimum Gasteiger partial charge on any atom is -0.392 e. The Balaban J connectivity index is 1.06. The van der Waals surface area contributed by atoms with Gasteiger partial charge in [-0.25, -0.2) is 4.98 Å². The van der Waals surface area contributed by atoms with E-state index in [0.29, 0.717) is 23.5 Å². The number of hydrogen-bond donors (Lipinski definition) is 2. The summed E-state index contributed by atoms with van der Waals surface area (Å²) in [5, 5.41) is 12.3. The summed E-state index contributed by atoms with van der Waals surface area (Å²) in [7, 11) is 0. The summed E-state index contributed by atoms with van der Waals surface area (Å²) in [6, 6.07) is 30.1. The van der Waals surface area contributed by atoms with Gasteiger partial charge in [0.15, 0.2) is 10.6 Å². The highest BCUT2D eigenvalue weighted by molar-refractivity contribution is 8.01. The van der Waals surface area contributed by atoms with Crippen LogP contribution in [0.1, 0.15) is 53.9 Å². The zero-order chi connectivity index (χ0) is 36.2. The van der Waals surface area contributed by atoms with Gasteiger partial charge in [0.2, 0.25) is 5.91 Å². The number of thioether (sulfide) groups is 1. The summed E-state index contributed by atoms with van der Waals surface area (Å²) in [6.07, 6.45) is -4.91. The molecule has 0 unspecified atom stereocenters. The van der Waals surface area contributed by atoms with E-state index < -0.39 is 30.3 Å². The van der Waals surface area contributed by atoms with Crippen LogP contribution >= 0.6 is 23.1 Å². The Kier molecular flexibility index (Phi) is 10.9. The third-order valence-electron chi connectivity index (χ3n) is 9.23. The number of para-hydroxylation sites is 1. The van der Waals surface area contributed by atoms with Crippen molar-refractivity contribution in [3.05, 3.63) is 119 Å². The maximum Gasteiger partial charge on any atom is 0.471 e. The fourth-order valence-corrected chi connectivity index (χ4v) is 8.69. The Morgan fingerprint density at radius 2 is 1.69 bits per heavy atom. The SMILES string of the molecule is O=C(NCc1cccc(-c2cccc([C@H]3O[C@@H](CSc4nc5ccccc5s4)C[C@@H](c4ccc(CO)cc4)O3)c2)c1)[C@@H]1CCCN1C(=O)C(F)(F)F. The van der Waals surface area contributed by atoms with Crippen molar-refractivity contribution in [3.63, 3.8) is 0 Å². The number of ether oxygens (including phenoxy) is 2. The first-order valence-electron chi connectivity index (χ1n) is 17.0. The Bertz CT molecular complexity index is 2010. The van der Waals surface area contributed by atoms with E-state index in [4.69, 9.17) is 14.5 Å². The number of hydrogen-bond acceptors (Lipinski definition) is 8. The first-order valence-corrected chi connectivity index (χ1v) is 18.8. The molecule has 0 radical (unpaired) electrons. The minimum absolute atomic E-state index is 0.0403. The molecule has 52 heavy (non-hydrogen) atoms. The third-order valence-corrected chi connectivity index (χ3v) is 11.5. The van der Waals surface area contributed by atoms with E-state index in [-0.39, 0.29) is 38.3 Å². The molecule has 2 N–H and O–H groups in total. The molecule has 8 nitrogen and oxygen atoms in total. The second kappa shape index (κ2) is 15.8. The van der Waals surface area contributed by atoms with Gasteiger partial charge in [-0.3, -0.25) is 9.59 Å². The molecule has 3 heterocycles. The second-order valence-electron chi connectivity index (χ2n) is 12.8. The molecule has 2 aliphatic heterocycles. The number of nitrogens with one attached hydrogen (secondary N) is 1. The van der Waals surface area contributed by atoms with Crippen LogP contribution in [0, 0.1) is 0 Å². The summed E-state index contributed by atoms with van der Waals surface area (Å²) in [5.74, 6) is -1.91. The van der Waals surface area contributed by atoms with Gasteiger partial charge in [-0.15, -0.1) is 11.3 Å². The van der Waals surface area contributed by atoms with Gasteiger partial charge >= 0.3 is 12.1 Å². The molecule has 2 amide bonds. The molecule has 5 aromatic rings. The molecular weight excluding hydrogens is 712 g/mol. The van der Waals surface area contributed by atoms with Crippen molar-refractivity contribution < 1.29 is 37.3 Å². The summed E-state index contributed by atoms with van der Waals surface area (Å²) in [4.78, 5) is 30.1. The van der Waals surface area contributed by atoms with Gasteiger partial charge in [0.05, 0.1) is 29.0 Å². The lowest BCUT2D eigenvalue weighted by atomic mass is 9.99. The van der Waals surface area contributed by atoms with Crippen LogP contribution in [-0.4, -0.2) is 57.4 Å². The van der Waals surface area contributed by atoms with Crippen molar-refractivity contribution in [1.82, 2.24) is 15.2 Å². The number of alkyl halides is 3. The number of carbonyl (C=O) groups is 2. The monoisotopic (exact) mass is 747 g/mol. The number of benzene rings is 4. The summed E-state index contributed by atoms with van der Waals surface area (Å²) in [5.41, 5.74) is 6.15. The van der Waals surface area contributed by atoms with Crippen LogP contribution in [0.15, 0.2) is 101 Å². The van der Waals surface area contributed by atoms with Crippen LogP contribution in [0.3, 0.4) is 0 Å². The van der Waals surface area contributed by atoms with Crippen molar-refractivity contribution in [2.24, 2.45) is 0 Å². The highest BCUT2D eigenvalue weighted by Gasteiger charge is 2.47. The molecule has 4 atom stereocenters. The average Bonchev–Trinajstić information content (AvgIpc) is 3.83. The lowest BCUT2D eigenvalue weighted by molar-refractivity contribution is -0.245. The number of rotatable bonds is 10. The van der Waals surface area contributed by atoms with Crippen LogP contribution in [0.25, 0.3) is 21.3 Å². The van der Waals surface area contributed by atoms with Gasteiger partial charge in [-0.1, -0.05) is 84.6 Å². The Labute approximate surface area is 307 Å². The second-order valence-corrected chi connectivity index (χ2v) is 15.1. The largest absolute Gasteiger partial charge is 0.471 e. The number of carbonyl (C=O) groups excluding carboxylic acids is 2. The molecule has 7 rings (SSSR count). The van der Waals surface area contributed by atoms with Gasteiger partial charge in [0.1, 0.15) is 6.04 Å². The molecule has 1 aromatic heterocycles. The van der Waals surface area contributed by atoms with Crippen LogP contribution in [0.2, 0.25) is 0 Å². The van der Waals surface area contributed by atoms with Crippen LogP contribution < -0.4 is 5.32 Å². The number of aliphatic hydroxyl groups excluding tert-OH is 1. The first-order chi connectivity index (χ1) is 25.1. The summed E-state index contributed by atoms with van der Waals surface area (Å²) in [6.45, 7) is -0.0475. The highest BCUT2D eigenvalue weighted by Crippen LogP contribution is 2.41. The number of amides is 2. The molecule has 2 fully saturated rings. The number of aliphatic hydroxyl groups is 1. The van der Waals surface area contributed by atoms with Crippen molar-refractivity contribution in [2.75, 3.05) is 12.3 Å². The molecular formula is C39H36F3N3O5S2. The number of nitrogens with zero attached hydrogens (tertiary/aromatic N) is 2. The fourth-order valence-electron chi connectivity index (χ4n) is 6.58. The number of fused-ring (bicyclic) bond motifs is 1. The lowest BCUT2D eigenvalue weighted by Gasteiger charge is -2.36. The standard InChI is InChI=1S/C39H36F3N3O5S2/c40-39(41,42)37(48)45-17-5-11-32(45)35(47)43-21-25-6-3-7-27(18-25)28-8-4-9-29(19-28)36-49-30(20-33(50-36)26-15-13-24(22-46)14-16-26)23-51-38-44-31-10-1-2-12-34(31)52-38/h1-4,6-10,12-16,18-19,30,32-33,36,46H,5,11,17,20-23H2,(H,43,47)/t30-,32+,33+,36+/m1/s1. The maximum atomic E-state index is 13.1. The Morgan fingerprint density at radius 3 is 2.46 bits per heavy atom. The van der Waals surface area contributed by atoms with Gasteiger partial charge in [-0.2, -0.15) is 13.2 Å². The number of thiazole rings is 1. The molecule has 2 saturated heterocycles. The molecule has 0 aliphatic carbocycles. The van der Waals surface area contributed by atoms with Crippen LogP contribution in [0.5, 0.6) is 0 Å². The zero-order valence-corrected chi connectivity index (χ0v) is 29.6. The summed E-state index contributed by atoms with van der Waals surface area (Å²) >= 11 is 3.33. The molecule has 0 spiro atoms. The predicted molar refractivity (Wildman–Crippen MR) is 193 cm³/mol. The van der Waals surface area contributed by atoms with E-state index in [9.17, 15) is 27.9 Å². The number of aromatic nitrogens is 1. The number of halogens is 3. The minimum atomic E-state index is -5.02. The average molecular weight is 748 g/mol. The highest BCUT2D eigenvalue weighted by atomic mass is 32.2. The first kappa shape index (κ1) is 36.1. The van der Waals surface area contributed by atoms with Crippen molar-refractivity contribution in [1.29, 1.82) is 0 Å². The third kappa shape index (κ3) is 8.34. The molecule has 2 aliphatic rings. The quantitative estimate of drug-likeness (QED) is 0.140. The van der Waals surface area contributed by atoms with Gasteiger partial charge < -0.3 is 24.8 Å². The predicted octanol–water partition coefficient (Wildman–Crippen LogP) is 7.96. The van der Waals surface area contributed by atoms with Gasteiger partial charge in [0, 0.05) is 30.8 Å². The topological polar surface area (TPSA) is 101 Å². The lowest BCUT2D eigenvalue weighted by Crippen LogP contribution is -2.50. The fraction of sp³-hybridized carbons (Fsp3) is 0.308. The molecule has 270 valence electrons. The van der Waals surface area contributed by atoms with E-state index in [2.05, 4.69) is 11.4 Å². The van der Waals surface area contributed by atoms with E-state index in [1.165, 1.54) is 0 Å². The molecule has 0 bridgehead atoms. The van der Waals surface area contributed by atoms with Crippen molar-refractivity contribution >= 4 is 45.1 Å². The van der Waals surface area contributed by atoms with Gasteiger partial charge in [-0.05, 0) is 64.9 Å². The molecule has 0 saturated carbocycles. The van der Waals surface area contributed by atoms with Crippen LogP contribution in [0.4, 0.5) is 13.2 Å². The molecule has 13 heteroatoms. The zero-order valence-electron chi connectivity index (χ0n) is 27.9. The Hall–Kier alpha value is -4.27. The Morgan fingerprint density at radius 1 is 0.923 bits per heavy atom. The summed E-state index contributed by atoms with van der Waals surface area (Å²) < 4.78 is 54.5. The molecule has 4 aromatic carbocycles. The number of likely N-dealkylation sites (tertiary alicyclic amines) is 1. The van der Waals surface area contributed by atoms with Crippen molar-refractivity contribution in [3.8, 4) is 11.1 Å². The van der Waals surface area contributed by atoms with Gasteiger partial charge in [0.25, 0.3) is 0 Å². The van der Waals surface area contributed by atoms with Crippen molar-refractivity contribution in [2.45, 2.75) is 67.5 Å². The smallest absolute Gasteiger partial charge is 0.392 e. The van der Waals surface area contributed by atoms with Crippen LogP contribution in [-0.2, 0) is 32.2 Å². The van der Waals surface area contributed by atoms with E-state index in [1.54, 1.807) is 23.1 Å². The van der Waals surface area contributed by atoms with E-state index in [1.807, 2.05) is 91.0 Å². The normalized spacial score (nSPS) is 20.7. The van der Waals surface area contributed by atoms with E-state index in [0.717, 1.165) is 47.9 Å². The maximum absolute atomic E-state index is 13.1.